The molecule has 0 spiro atoms. The molecule has 116 valence electrons. The van der Waals surface area contributed by atoms with Crippen molar-refractivity contribution in [1.29, 1.82) is 0 Å². The van der Waals surface area contributed by atoms with Crippen molar-refractivity contribution in [2.45, 2.75) is 32.6 Å². The van der Waals surface area contributed by atoms with Crippen LogP contribution in [-0.4, -0.2) is 11.7 Å². The first-order valence-electron chi connectivity index (χ1n) is 7.13. The summed E-state index contributed by atoms with van der Waals surface area (Å²) >= 11 is 7.77. The second-order valence-corrected chi connectivity index (χ2v) is 6.97. The summed E-state index contributed by atoms with van der Waals surface area (Å²) in [5, 5.41) is 3.50. The van der Waals surface area contributed by atoms with Gasteiger partial charge < -0.3 is 5.32 Å². The van der Waals surface area contributed by atoms with Crippen LogP contribution in [0.4, 0.5) is 5.69 Å². The van der Waals surface area contributed by atoms with Gasteiger partial charge in [0, 0.05) is 4.90 Å². The van der Waals surface area contributed by atoms with Crippen molar-refractivity contribution >= 4 is 35.0 Å². The number of benzene rings is 2. The van der Waals surface area contributed by atoms with Crippen molar-refractivity contribution in [3.8, 4) is 0 Å². The van der Waals surface area contributed by atoms with Crippen LogP contribution in [0.2, 0.25) is 5.02 Å². The Morgan fingerprint density at radius 3 is 2.45 bits per heavy atom. The van der Waals surface area contributed by atoms with Crippen LogP contribution in [0.25, 0.3) is 0 Å². The molecule has 0 aromatic heterocycles. The van der Waals surface area contributed by atoms with Crippen molar-refractivity contribution in [3.05, 3.63) is 57.6 Å². The third-order valence-electron chi connectivity index (χ3n) is 3.40. The van der Waals surface area contributed by atoms with Gasteiger partial charge in [-0.2, -0.15) is 0 Å². The molecule has 0 heterocycles. The number of hydrogen-bond acceptors (Lipinski definition) is 2. The molecule has 0 saturated carbocycles. The molecule has 0 atom stereocenters. The molecular weight excluding hydrogens is 314 g/mol. The summed E-state index contributed by atoms with van der Waals surface area (Å²) in [4.78, 5) is 13.3. The largest absolute Gasteiger partial charge is 0.324 e. The van der Waals surface area contributed by atoms with Gasteiger partial charge in [-0.15, -0.1) is 11.8 Å². The summed E-state index contributed by atoms with van der Waals surface area (Å²) in [6.07, 6.45) is 0. The molecule has 0 bridgehead atoms. The lowest BCUT2D eigenvalue weighted by molar-refractivity contribution is -0.113. The van der Waals surface area contributed by atoms with Crippen LogP contribution in [0.15, 0.2) is 35.2 Å². The first-order valence-corrected chi connectivity index (χ1v) is 8.50. The molecule has 2 aromatic rings. The first kappa shape index (κ1) is 16.9. The minimum Gasteiger partial charge on any atom is -0.324 e. The monoisotopic (exact) mass is 333 g/mol. The van der Waals surface area contributed by atoms with Crippen LogP contribution in [0.1, 0.15) is 22.3 Å². The van der Waals surface area contributed by atoms with Crippen molar-refractivity contribution in [2.24, 2.45) is 0 Å². The summed E-state index contributed by atoms with van der Waals surface area (Å²) in [5.74, 6) is 0.327. The summed E-state index contributed by atoms with van der Waals surface area (Å²) in [6.45, 7) is 8.05. The smallest absolute Gasteiger partial charge is 0.234 e. The first-order chi connectivity index (χ1) is 10.4. The fourth-order valence-corrected chi connectivity index (χ4v) is 3.55. The van der Waals surface area contributed by atoms with Crippen LogP contribution in [0.5, 0.6) is 0 Å². The van der Waals surface area contributed by atoms with Gasteiger partial charge >= 0.3 is 0 Å². The van der Waals surface area contributed by atoms with Gasteiger partial charge in [0.25, 0.3) is 0 Å². The van der Waals surface area contributed by atoms with Crippen molar-refractivity contribution in [2.75, 3.05) is 11.1 Å². The average Bonchev–Trinajstić information content (AvgIpc) is 2.44. The maximum atomic E-state index is 12.2. The number of halogens is 1. The summed E-state index contributed by atoms with van der Waals surface area (Å²) in [6, 6.07) is 10.1. The molecule has 1 amide bonds. The molecule has 0 fully saturated rings. The number of hydrogen-bond donors (Lipinski definition) is 1. The molecule has 4 heteroatoms. The molecular formula is C18H20ClNOS. The molecule has 0 aliphatic rings. The van der Waals surface area contributed by atoms with Crippen LogP contribution >= 0.6 is 23.4 Å². The van der Waals surface area contributed by atoms with E-state index in [9.17, 15) is 4.79 Å². The molecule has 2 rings (SSSR count). The second kappa shape index (κ2) is 7.21. The van der Waals surface area contributed by atoms with E-state index in [4.69, 9.17) is 11.6 Å². The molecule has 0 saturated heterocycles. The number of carbonyl (C=O) groups is 1. The van der Waals surface area contributed by atoms with Crippen molar-refractivity contribution in [3.63, 3.8) is 0 Å². The van der Waals surface area contributed by atoms with Gasteiger partial charge in [-0.25, -0.2) is 0 Å². The zero-order valence-corrected chi connectivity index (χ0v) is 14.9. The van der Waals surface area contributed by atoms with Crippen molar-refractivity contribution in [1.82, 2.24) is 0 Å². The Hall–Kier alpha value is -1.45. The number of aryl methyl sites for hydroxylation is 4. The van der Waals surface area contributed by atoms with E-state index in [0.29, 0.717) is 16.5 Å². The molecule has 0 aliphatic carbocycles. The topological polar surface area (TPSA) is 29.1 Å². The van der Waals surface area contributed by atoms with Gasteiger partial charge in [-0.1, -0.05) is 35.4 Å². The highest BCUT2D eigenvalue weighted by Crippen LogP contribution is 2.28. The molecule has 2 nitrogen and oxygen atoms in total. The Labute approximate surface area is 141 Å². The third kappa shape index (κ3) is 4.28. The maximum Gasteiger partial charge on any atom is 0.234 e. The van der Waals surface area contributed by atoms with Gasteiger partial charge in [0.1, 0.15) is 0 Å². The number of nitrogens with one attached hydrogen (secondary N) is 1. The zero-order chi connectivity index (χ0) is 16.3. The molecule has 2 aromatic carbocycles. The number of rotatable bonds is 4. The summed E-state index contributed by atoms with van der Waals surface area (Å²) < 4.78 is 0. The zero-order valence-electron chi connectivity index (χ0n) is 13.3. The lowest BCUT2D eigenvalue weighted by Crippen LogP contribution is -2.15. The normalized spacial score (nSPS) is 10.6. The quantitative estimate of drug-likeness (QED) is 0.769. The minimum absolute atomic E-state index is 0.0419. The Morgan fingerprint density at radius 1 is 1.05 bits per heavy atom. The Bertz CT molecular complexity index is 689. The lowest BCUT2D eigenvalue weighted by atomic mass is 10.1. The molecule has 0 unspecified atom stereocenters. The highest BCUT2D eigenvalue weighted by molar-refractivity contribution is 8.00. The van der Waals surface area contributed by atoms with Crippen LogP contribution in [0, 0.1) is 27.7 Å². The fourth-order valence-electron chi connectivity index (χ4n) is 2.26. The molecule has 0 radical (unpaired) electrons. The lowest BCUT2D eigenvalue weighted by Gasteiger charge is -2.12. The Balaban J connectivity index is 2.03. The minimum atomic E-state index is -0.0419. The van der Waals surface area contributed by atoms with Crippen LogP contribution in [-0.2, 0) is 4.79 Å². The SMILES string of the molecule is Cc1cc(C)c(NC(=O)CSc2cc(C)ccc2C)c(Cl)c1. The van der Waals surface area contributed by atoms with Gasteiger partial charge in [-0.05, 0) is 56.5 Å². The van der Waals surface area contributed by atoms with E-state index in [-0.39, 0.29) is 5.91 Å². The van der Waals surface area contributed by atoms with E-state index in [0.717, 1.165) is 16.0 Å². The Kier molecular flexibility index (Phi) is 5.54. The van der Waals surface area contributed by atoms with Gasteiger partial charge in [0.15, 0.2) is 0 Å². The van der Waals surface area contributed by atoms with Gasteiger partial charge in [0.05, 0.1) is 16.5 Å². The maximum absolute atomic E-state index is 12.2. The van der Waals surface area contributed by atoms with E-state index in [1.165, 1.54) is 11.1 Å². The Morgan fingerprint density at radius 2 is 1.77 bits per heavy atom. The number of anilines is 1. The second-order valence-electron chi connectivity index (χ2n) is 5.54. The van der Waals surface area contributed by atoms with Crippen LogP contribution in [0.3, 0.4) is 0 Å². The van der Waals surface area contributed by atoms with Gasteiger partial charge in [0.2, 0.25) is 5.91 Å². The van der Waals surface area contributed by atoms with E-state index < -0.39 is 0 Å². The predicted molar refractivity (Wildman–Crippen MR) is 96.2 cm³/mol. The third-order valence-corrected chi connectivity index (χ3v) is 4.85. The summed E-state index contributed by atoms with van der Waals surface area (Å²) in [7, 11) is 0. The van der Waals surface area contributed by atoms with Crippen molar-refractivity contribution < 1.29 is 4.79 Å². The highest BCUT2D eigenvalue weighted by atomic mass is 35.5. The van der Waals surface area contributed by atoms with E-state index in [1.54, 1.807) is 11.8 Å². The van der Waals surface area contributed by atoms with Gasteiger partial charge in [-0.3, -0.25) is 4.79 Å². The number of thioether (sulfide) groups is 1. The standard InChI is InChI=1S/C18H20ClNOS/c1-11-5-6-13(3)16(9-11)22-10-17(21)20-18-14(4)7-12(2)8-15(18)19/h5-9H,10H2,1-4H3,(H,20,21). The number of amides is 1. The summed E-state index contributed by atoms with van der Waals surface area (Å²) in [5.41, 5.74) is 5.16. The molecule has 0 aliphatic heterocycles. The average molecular weight is 334 g/mol. The molecule has 22 heavy (non-hydrogen) atoms. The van der Waals surface area contributed by atoms with E-state index in [1.807, 2.05) is 26.0 Å². The molecule has 1 N–H and O–H groups in total. The predicted octanol–water partition coefficient (Wildman–Crippen LogP) is 5.30. The van der Waals surface area contributed by atoms with E-state index in [2.05, 4.69) is 37.4 Å². The van der Waals surface area contributed by atoms with Crippen LogP contribution < -0.4 is 5.32 Å². The highest BCUT2D eigenvalue weighted by Gasteiger charge is 2.10. The van der Waals surface area contributed by atoms with E-state index >= 15 is 0 Å². The fraction of sp³-hybridized carbons (Fsp3) is 0.278. The number of carbonyl (C=O) groups excluding carboxylic acids is 1.